The second kappa shape index (κ2) is 11.9. The number of halogens is 2. The van der Waals surface area contributed by atoms with Crippen molar-refractivity contribution in [2.24, 2.45) is 0 Å². The highest BCUT2D eigenvalue weighted by Crippen LogP contribution is 2.29. The zero-order valence-electron chi connectivity index (χ0n) is 17.4. The smallest absolute Gasteiger partial charge is 0.124 e. The molecular formula is C25H29ClFNO2. The van der Waals surface area contributed by atoms with E-state index in [-0.39, 0.29) is 12.4 Å². The van der Waals surface area contributed by atoms with E-state index in [1.165, 1.54) is 17.5 Å². The summed E-state index contributed by atoms with van der Waals surface area (Å²) < 4.78 is 25.0. The van der Waals surface area contributed by atoms with E-state index >= 15 is 0 Å². The highest BCUT2D eigenvalue weighted by atomic mass is 35.5. The first kappa shape index (κ1) is 22.5. The van der Waals surface area contributed by atoms with E-state index in [9.17, 15) is 4.39 Å². The summed E-state index contributed by atoms with van der Waals surface area (Å²) >= 11 is 6.15. The summed E-state index contributed by atoms with van der Waals surface area (Å²) in [6, 6.07) is 16.7. The van der Waals surface area contributed by atoms with Crippen LogP contribution in [-0.2, 0) is 17.9 Å². The van der Waals surface area contributed by atoms with Gasteiger partial charge < -0.3 is 14.8 Å². The van der Waals surface area contributed by atoms with Crippen LogP contribution in [0.4, 0.5) is 4.39 Å². The predicted molar refractivity (Wildman–Crippen MR) is 122 cm³/mol. The molecule has 0 bridgehead atoms. The molecule has 0 atom stereocenters. The lowest BCUT2D eigenvalue weighted by molar-refractivity contribution is 0.128. The van der Waals surface area contributed by atoms with Crippen molar-refractivity contribution < 1.29 is 13.9 Å². The first-order chi connectivity index (χ1) is 14.7. The van der Waals surface area contributed by atoms with Crippen LogP contribution in [0.3, 0.4) is 0 Å². The average molecular weight is 430 g/mol. The fourth-order valence-electron chi connectivity index (χ4n) is 3.29. The molecule has 0 aliphatic carbocycles. The van der Waals surface area contributed by atoms with Crippen molar-refractivity contribution in [2.75, 3.05) is 19.8 Å². The minimum absolute atomic E-state index is 0.287. The number of fused-ring (bicyclic) bond motifs is 1. The first-order valence-electron chi connectivity index (χ1n) is 10.5. The van der Waals surface area contributed by atoms with Crippen molar-refractivity contribution in [3.05, 3.63) is 76.6 Å². The molecule has 0 aliphatic heterocycles. The van der Waals surface area contributed by atoms with Gasteiger partial charge in [0, 0.05) is 30.9 Å². The number of nitrogens with one attached hydrogen (secondary N) is 1. The standard InChI is InChI=1S/C25H29ClFNO2/c1-2-3-14-29-15-6-13-28-17-23-22-8-5-4-7-19(22)10-12-25(23)30-18-20-9-11-21(27)16-24(20)26/h4-5,7-12,16,28H,2-3,6,13-15,17-18H2,1H3. The van der Waals surface area contributed by atoms with E-state index < -0.39 is 0 Å². The van der Waals surface area contributed by atoms with Crippen molar-refractivity contribution >= 4 is 22.4 Å². The Kier molecular flexibility index (Phi) is 8.94. The number of benzene rings is 3. The van der Waals surface area contributed by atoms with E-state index in [0.29, 0.717) is 11.6 Å². The van der Waals surface area contributed by atoms with E-state index in [1.54, 1.807) is 6.07 Å². The normalized spacial score (nSPS) is 11.2. The molecular weight excluding hydrogens is 401 g/mol. The fourth-order valence-corrected chi connectivity index (χ4v) is 3.51. The molecule has 0 aromatic heterocycles. The summed E-state index contributed by atoms with van der Waals surface area (Å²) in [7, 11) is 0. The molecule has 0 amide bonds. The number of hydrogen-bond donors (Lipinski definition) is 1. The van der Waals surface area contributed by atoms with E-state index in [2.05, 4.69) is 30.4 Å². The topological polar surface area (TPSA) is 30.5 Å². The van der Waals surface area contributed by atoms with Gasteiger partial charge in [0.2, 0.25) is 0 Å². The van der Waals surface area contributed by atoms with Gasteiger partial charge in [0.05, 0.1) is 5.02 Å². The van der Waals surface area contributed by atoms with Crippen molar-refractivity contribution in [2.45, 2.75) is 39.3 Å². The number of ether oxygens (including phenoxy) is 2. The first-order valence-corrected chi connectivity index (χ1v) is 10.9. The Morgan fingerprint density at radius 2 is 1.83 bits per heavy atom. The Bertz CT molecular complexity index is 948. The van der Waals surface area contributed by atoms with Gasteiger partial charge in [-0.05, 0) is 48.4 Å². The SMILES string of the molecule is CCCCOCCCNCc1c(OCc2ccc(F)cc2Cl)ccc2ccccc12. The maximum Gasteiger partial charge on any atom is 0.124 e. The summed E-state index contributed by atoms with van der Waals surface area (Å²) in [5, 5.41) is 6.21. The molecule has 3 aromatic rings. The monoisotopic (exact) mass is 429 g/mol. The molecule has 3 rings (SSSR count). The van der Waals surface area contributed by atoms with Gasteiger partial charge in [-0.2, -0.15) is 0 Å². The van der Waals surface area contributed by atoms with Crippen LogP contribution in [0.15, 0.2) is 54.6 Å². The zero-order valence-corrected chi connectivity index (χ0v) is 18.2. The van der Waals surface area contributed by atoms with E-state index in [4.69, 9.17) is 21.1 Å². The average Bonchev–Trinajstić information content (AvgIpc) is 2.75. The van der Waals surface area contributed by atoms with Crippen LogP contribution in [0, 0.1) is 5.82 Å². The second-order valence-electron chi connectivity index (χ2n) is 7.28. The minimum atomic E-state index is -0.349. The molecule has 0 unspecified atom stereocenters. The Morgan fingerprint density at radius 1 is 1.00 bits per heavy atom. The molecule has 30 heavy (non-hydrogen) atoms. The van der Waals surface area contributed by atoms with Gasteiger partial charge in [-0.25, -0.2) is 4.39 Å². The third-order valence-corrected chi connectivity index (χ3v) is 5.33. The van der Waals surface area contributed by atoms with Gasteiger partial charge in [-0.3, -0.25) is 0 Å². The Balaban J connectivity index is 1.65. The fraction of sp³-hybridized carbons (Fsp3) is 0.360. The maximum absolute atomic E-state index is 13.3. The predicted octanol–water partition coefficient (Wildman–Crippen LogP) is 6.51. The van der Waals surface area contributed by atoms with Gasteiger partial charge >= 0.3 is 0 Å². The molecule has 0 saturated carbocycles. The summed E-state index contributed by atoms with van der Waals surface area (Å²) in [6.45, 7) is 5.63. The molecule has 0 aliphatic rings. The third-order valence-electron chi connectivity index (χ3n) is 4.98. The lowest BCUT2D eigenvalue weighted by Crippen LogP contribution is -2.17. The van der Waals surface area contributed by atoms with Gasteiger partial charge in [0.25, 0.3) is 0 Å². The molecule has 160 valence electrons. The van der Waals surface area contributed by atoms with Crippen LogP contribution in [0.2, 0.25) is 5.02 Å². The molecule has 5 heteroatoms. The molecule has 0 fully saturated rings. The molecule has 0 radical (unpaired) electrons. The van der Waals surface area contributed by atoms with Gasteiger partial charge in [0.15, 0.2) is 0 Å². The quantitative estimate of drug-likeness (QED) is 0.333. The highest BCUT2D eigenvalue weighted by molar-refractivity contribution is 6.31. The Labute approximate surface area is 183 Å². The minimum Gasteiger partial charge on any atom is -0.488 e. The Morgan fingerprint density at radius 3 is 2.67 bits per heavy atom. The number of unbranched alkanes of at least 4 members (excludes halogenated alkanes) is 1. The third kappa shape index (κ3) is 6.43. The molecule has 0 heterocycles. The summed E-state index contributed by atoms with van der Waals surface area (Å²) in [5.41, 5.74) is 1.87. The van der Waals surface area contributed by atoms with Crippen LogP contribution in [-0.4, -0.2) is 19.8 Å². The van der Waals surface area contributed by atoms with Gasteiger partial charge in [0.1, 0.15) is 18.2 Å². The van der Waals surface area contributed by atoms with Crippen molar-refractivity contribution in [1.29, 1.82) is 0 Å². The lowest BCUT2D eigenvalue weighted by atomic mass is 10.0. The molecule has 0 spiro atoms. The molecule has 0 saturated heterocycles. The van der Waals surface area contributed by atoms with Crippen molar-refractivity contribution in [3.8, 4) is 5.75 Å². The van der Waals surface area contributed by atoms with Gasteiger partial charge in [-0.15, -0.1) is 0 Å². The van der Waals surface area contributed by atoms with Crippen LogP contribution in [0.25, 0.3) is 10.8 Å². The zero-order chi connectivity index (χ0) is 21.2. The van der Waals surface area contributed by atoms with E-state index in [0.717, 1.165) is 61.3 Å². The van der Waals surface area contributed by atoms with Crippen molar-refractivity contribution in [3.63, 3.8) is 0 Å². The number of rotatable bonds is 12. The summed E-state index contributed by atoms with van der Waals surface area (Å²) in [4.78, 5) is 0. The maximum atomic E-state index is 13.3. The molecule has 3 nitrogen and oxygen atoms in total. The van der Waals surface area contributed by atoms with E-state index in [1.807, 2.05) is 18.2 Å². The highest BCUT2D eigenvalue weighted by Gasteiger charge is 2.10. The van der Waals surface area contributed by atoms with Crippen LogP contribution in [0.5, 0.6) is 5.75 Å². The van der Waals surface area contributed by atoms with Crippen LogP contribution in [0.1, 0.15) is 37.3 Å². The number of hydrogen-bond acceptors (Lipinski definition) is 3. The second-order valence-corrected chi connectivity index (χ2v) is 7.69. The lowest BCUT2D eigenvalue weighted by Gasteiger charge is -2.16. The largest absolute Gasteiger partial charge is 0.488 e. The van der Waals surface area contributed by atoms with Gasteiger partial charge in [-0.1, -0.05) is 61.3 Å². The molecule has 3 aromatic carbocycles. The molecule has 1 N–H and O–H groups in total. The van der Waals surface area contributed by atoms with Crippen molar-refractivity contribution in [1.82, 2.24) is 5.32 Å². The van der Waals surface area contributed by atoms with Crippen LogP contribution < -0.4 is 10.1 Å². The van der Waals surface area contributed by atoms with Crippen LogP contribution >= 0.6 is 11.6 Å². The summed E-state index contributed by atoms with van der Waals surface area (Å²) in [6.07, 6.45) is 3.24. The Hall–Kier alpha value is -2.14. The summed E-state index contributed by atoms with van der Waals surface area (Å²) in [5.74, 6) is 0.457.